The molecule has 0 aliphatic heterocycles. The maximum absolute atomic E-state index is 11.0. The Kier molecular flexibility index (Phi) is 5.30. The molecular formula is C13H25NO. The van der Waals surface area contributed by atoms with Crippen molar-refractivity contribution in [2.24, 2.45) is 5.92 Å². The molecule has 1 atom stereocenters. The highest BCUT2D eigenvalue weighted by Gasteiger charge is 2.22. The van der Waals surface area contributed by atoms with Crippen LogP contribution >= 0.6 is 0 Å². The molecule has 1 aliphatic rings. The van der Waals surface area contributed by atoms with E-state index in [0.29, 0.717) is 23.8 Å². The van der Waals surface area contributed by atoms with Crippen molar-refractivity contribution in [1.29, 1.82) is 0 Å². The highest BCUT2D eigenvalue weighted by atomic mass is 16.1. The first-order valence-corrected chi connectivity index (χ1v) is 6.37. The molecule has 0 aromatic heterocycles. The zero-order valence-corrected chi connectivity index (χ0v) is 10.4. The summed E-state index contributed by atoms with van der Waals surface area (Å²) in [6.07, 6.45) is 6.97. The van der Waals surface area contributed by atoms with Crippen LogP contribution in [0.3, 0.4) is 0 Å². The molecule has 88 valence electrons. The lowest BCUT2D eigenvalue weighted by Crippen LogP contribution is -2.38. The maximum Gasteiger partial charge on any atom is 0.130 e. The molecule has 0 bridgehead atoms. The molecule has 0 heterocycles. The molecule has 0 aromatic carbocycles. The third kappa shape index (κ3) is 4.78. The van der Waals surface area contributed by atoms with Gasteiger partial charge in [0.2, 0.25) is 0 Å². The summed E-state index contributed by atoms with van der Waals surface area (Å²) < 4.78 is 0. The van der Waals surface area contributed by atoms with Crippen molar-refractivity contribution < 1.29 is 4.79 Å². The molecule has 1 rings (SSSR count). The van der Waals surface area contributed by atoms with E-state index in [-0.39, 0.29) is 0 Å². The Morgan fingerprint density at radius 1 is 1.33 bits per heavy atom. The number of hydrogen-bond donors (Lipinski definition) is 1. The van der Waals surface area contributed by atoms with Crippen LogP contribution in [-0.2, 0) is 4.79 Å². The summed E-state index contributed by atoms with van der Waals surface area (Å²) in [6.45, 7) is 6.18. The van der Waals surface area contributed by atoms with E-state index < -0.39 is 0 Å². The van der Waals surface area contributed by atoms with Gasteiger partial charge in [-0.05, 0) is 51.9 Å². The van der Waals surface area contributed by atoms with E-state index >= 15 is 0 Å². The van der Waals surface area contributed by atoms with Crippen molar-refractivity contribution in [2.45, 2.75) is 71.4 Å². The van der Waals surface area contributed by atoms with Crippen molar-refractivity contribution in [3.05, 3.63) is 0 Å². The molecule has 1 unspecified atom stereocenters. The quantitative estimate of drug-likeness (QED) is 0.757. The molecule has 2 heteroatoms. The fraction of sp³-hybridized carbons (Fsp3) is 0.923. The first-order valence-electron chi connectivity index (χ1n) is 6.37. The minimum atomic E-state index is 0.355. The minimum absolute atomic E-state index is 0.355. The first-order chi connectivity index (χ1) is 7.11. The molecule has 1 aliphatic carbocycles. The average molecular weight is 211 g/mol. The molecule has 1 N–H and O–H groups in total. The van der Waals surface area contributed by atoms with E-state index in [1.807, 2.05) is 0 Å². The summed E-state index contributed by atoms with van der Waals surface area (Å²) in [5, 5.41) is 3.66. The van der Waals surface area contributed by atoms with Crippen molar-refractivity contribution >= 4 is 5.78 Å². The van der Waals surface area contributed by atoms with Gasteiger partial charge in [-0.2, -0.15) is 0 Å². The fourth-order valence-corrected chi connectivity index (χ4v) is 2.46. The van der Waals surface area contributed by atoms with E-state index in [2.05, 4.69) is 19.2 Å². The molecule has 15 heavy (non-hydrogen) atoms. The molecule has 2 nitrogen and oxygen atoms in total. The third-order valence-electron chi connectivity index (χ3n) is 3.56. The summed E-state index contributed by atoms with van der Waals surface area (Å²) in [7, 11) is 0. The molecule has 0 saturated heterocycles. The Bertz CT molecular complexity index is 195. The second-order valence-electron chi connectivity index (χ2n) is 5.10. The van der Waals surface area contributed by atoms with Gasteiger partial charge in [-0.1, -0.05) is 6.92 Å². The van der Waals surface area contributed by atoms with E-state index in [4.69, 9.17) is 0 Å². The van der Waals surface area contributed by atoms with Gasteiger partial charge < -0.3 is 10.1 Å². The molecule has 0 aromatic rings. The first kappa shape index (κ1) is 12.7. The number of rotatable bonds is 5. The van der Waals surface area contributed by atoms with Crippen LogP contribution in [0.4, 0.5) is 0 Å². The Morgan fingerprint density at radius 2 is 1.93 bits per heavy atom. The van der Waals surface area contributed by atoms with E-state index in [9.17, 15) is 4.79 Å². The molecule has 1 saturated carbocycles. The Labute approximate surface area is 93.8 Å². The van der Waals surface area contributed by atoms with Crippen LogP contribution in [0.15, 0.2) is 0 Å². The normalized spacial score (nSPS) is 28.7. The molecule has 0 radical (unpaired) electrons. The van der Waals surface area contributed by atoms with Crippen molar-refractivity contribution in [2.75, 3.05) is 0 Å². The fourth-order valence-electron chi connectivity index (χ4n) is 2.46. The van der Waals surface area contributed by atoms with Crippen molar-refractivity contribution in [3.8, 4) is 0 Å². The summed E-state index contributed by atoms with van der Waals surface area (Å²) in [6, 6.07) is 1.34. The number of nitrogens with one attached hydrogen (secondary N) is 1. The van der Waals surface area contributed by atoms with E-state index in [1.165, 1.54) is 32.1 Å². The van der Waals surface area contributed by atoms with Crippen molar-refractivity contribution in [3.63, 3.8) is 0 Å². The number of hydrogen-bond acceptors (Lipinski definition) is 2. The Hall–Kier alpha value is -0.370. The van der Waals surface area contributed by atoms with Gasteiger partial charge in [-0.3, -0.25) is 0 Å². The zero-order valence-electron chi connectivity index (χ0n) is 10.4. The Balaban J connectivity index is 2.20. The zero-order chi connectivity index (χ0) is 11.3. The predicted molar refractivity (Wildman–Crippen MR) is 63.9 cm³/mol. The summed E-state index contributed by atoms with van der Waals surface area (Å²) in [5.74, 6) is 1.02. The van der Waals surface area contributed by atoms with Crippen LogP contribution < -0.4 is 5.32 Å². The SMILES string of the molecule is CCC(C)NC1CCC(CC(C)=O)CC1. The van der Waals surface area contributed by atoms with E-state index in [0.717, 1.165) is 6.42 Å². The van der Waals surface area contributed by atoms with Gasteiger partial charge in [0, 0.05) is 18.5 Å². The van der Waals surface area contributed by atoms with Gasteiger partial charge in [0.05, 0.1) is 0 Å². The minimum Gasteiger partial charge on any atom is -0.312 e. The van der Waals surface area contributed by atoms with Crippen molar-refractivity contribution in [1.82, 2.24) is 5.32 Å². The van der Waals surface area contributed by atoms with Crippen LogP contribution in [0.5, 0.6) is 0 Å². The lowest BCUT2D eigenvalue weighted by atomic mass is 9.83. The highest BCUT2D eigenvalue weighted by Crippen LogP contribution is 2.27. The monoisotopic (exact) mass is 211 g/mol. The molecule has 0 amide bonds. The average Bonchev–Trinajstić information content (AvgIpc) is 2.20. The topological polar surface area (TPSA) is 29.1 Å². The molecule has 0 spiro atoms. The maximum atomic E-state index is 11.0. The van der Waals surface area contributed by atoms with Crippen LogP contribution in [0.2, 0.25) is 0 Å². The van der Waals surface area contributed by atoms with E-state index in [1.54, 1.807) is 6.92 Å². The third-order valence-corrected chi connectivity index (χ3v) is 3.56. The second-order valence-corrected chi connectivity index (χ2v) is 5.10. The highest BCUT2D eigenvalue weighted by molar-refractivity contribution is 5.75. The summed E-state index contributed by atoms with van der Waals surface area (Å²) in [5.41, 5.74) is 0. The number of Topliss-reactive ketones (excluding diaryl/α,β-unsaturated/α-hetero) is 1. The van der Waals surface area contributed by atoms with Crippen LogP contribution in [0.1, 0.15) is 59.3 Å². The van der Waals surface area contributed by atoms with Crippen LogP contribution in [0, 0.1) is 5.92 Å². The van der Waals surface area contributed by atoms with Gasteiger partial charge in [0.25, 0.3) is 0 Å². The number of carbonyl (C=O) groups excluding carboxylic acids is 1. The number of ketones is 1. The summed E-state index contributed by atoms with van der Waals surface area (Å²) >= 11 is 0. The predicted octanol–water partition coefficient (Wildman–Crippen LogP) is 2.91. The largest absolute Gasteiger partial charge is 0.312 e. The molecular weight excluding hydrogens is 186 g/mol. The van der Waals surface area contributed by atoms with Gasteiger partial charge in [-0.25, -0.2) is 0 Å². The second kappa shape index (κ2) is 6.26. The Morgan fingerprint density at radius 3 is 2.40 bits per heavy atom. The van der Waals surface area contributed by atoms with Gasteiger partial charge in [0.1, 0.15) is 5.78 Å². The van der Waals surface area contributed by atoms with Gasteiger partial charge in [0.15, 0.2) is 0 Å². The van der Waals surface area contributed by atoms with Gasteiger partial charge in [-0.15, -0.1) is 0 Å². The smallest absolute Gasteiger partial charge is 0.130 e. The van der Waals surface area contributed by atoms with Crippen LogP contribution in [0.25, 0.3) is 0 Å². The molecule has 1 fully saturated rings. The summed E-state index contributed by atoms with van der Waals surface area (Å²) in [4.78, 5) is 11.0. The van der Waals surface area contributed by atoms with Gasteiger partial charge >= 0.3 is 0 Å². The lowest BCUT2D eigenvalue weighted by Gasteiger charge is -2.30. The van der Waals surface area contributed by atoms with Crippen LogP contribution in [-0.4, -0.2) is 17.9 Å². The standard InChI is InChI=1S/C13H25NO/c1-4-10(2)14-13-7-5-12(6-8-13)9-11(3)15/h10,12-14H,4-9H2,1-3H3. The number of carbonyl (C=O) groups is 1. The lowest BCUT2D eigenvalue weighted by molar-refractivity contribution is -0.118.